The number of carbonyl (C=O) groups excluding carboxylic acids is 3. The fraction of sp³-hybridized carbons (Fsp3) is 0.500. The summed E-state index contributed by atoms with van der Waals surface area (Å²) in [5.74, 6) is 0.289. The molecule has 9 nitrogen and oxygen atoms in total. The van der Waals surface area contributed by atoms with Gasteiger partial charge in [0.1, 0.15) is 6.61 Å². The Balaban J connectivity index is 1.93. The summed E-state index contributed by atoms with van der Waals surface area (Å²) in [5.41, 5.74) is 0.774. The first-order valence-corrected chi connectivity index (χ1v) is 10.3. The van der Waals surface area contributed by atoms with Crippen molar-refractivity contribution < 1.29 is 33.3 Å². The molecular weight excluding hydrogens is 404 g/mol. The number of methoxy groups -OCH3 is 2. The molecule has 0 spiro atoms. The van der Waals surface area contributed by atoms with Gasteiger partial charge in [-0.1, -0.05) is 12.7 Å². The van der Waals surface area contributed by atoms with Gasteiger partial charge in [-0.15, -0.1) is 0 Å². The maximum atomic E-state index is 13.2. The highest BCUT2D eigenvalue weighted by Crippen LogP contribution is 2.39. The van der Waals surface area contributed by atoms with E-state index < -0.39 is 6.09 Å². The Labute approximate surface area is 181 Å². The minimum absolute atomic E-state index is 0.0695. The highest BCUT2D eigenvalue weighted by atomic mass is 16.6. The molecule has 0 aromatic heterocycles. The van der Waals surface area contributed by atoms with E-state index in [9.17, 15) is 14.4 Å². The number of hydrogen-bond donors (Lipinski definition) is 0. The largest absolute Gasteiger partial charge is 0.493 e. The molecule has 0 unspecified atom stereocenters. The summed E-state index contributed by atoms with van der Waals surface area (Å²) in [6.07, 6.45) is 3.32. The molecule has 0 bridgehead atoms. The standard InChI is InChI=1S/C22H28N2O7/c1-4-10-31-22(27)24-14-15-7-5-9-23(15)21(26)16-12-18(28-2)19(13-17(16)24)30-11-6-8-20(25)29-3/h4,12-13,15H,1,5-11,14H2,2-3H3/t15-/m0/s1. The number of fused-ring (bicyclic) bond motifs is 2. The van der Waals surface area contributed by atoms with Crippen LogP contribution in [0.25, 0.3) is 0 Å². The molecule has 1 aromatic rings. The maximum absolute atomic E-state index is 13.2. The Morgan fingerprint density at radius 3 is 2.77 bits per heavy atom. The predicted molar refractivity (Wildman–Crippen MR) is 113 cm³/mol. The molecule has 0 radical (unpaired) electrons. The zero-order valence-electron chi connectivity index (χ0n) is 17.9. The van der Waals surface area contributed by atoms with Crippen LogP contribution < -0.4 is 14.4 Å². The van der Waals surface area contributed by atoms with Gasteiger partial charge >= 0.3 is 12.1 Å². The lowest BCUT2D eigenvalue weighted by molar-refractivity contribution is -0.140. The molecule has 1 saturated heterocycles. The monoisotopic (exact) mass is 432 g/mol. The predicted octanol–water partition coefficient (Wildman–Crippen LogP) is 2.77. The van der Waals surface area contributed by atoms with E-state index in [0.29, 0.717) is 42.3 Å². The lowest BCUT2D eigenvalue weighted by atomic mass is 10.1. The van der Waals surface area contributed by atoms with Crippen molar-refractivity contribution >= 4 is 23.7 Å². The Hall–Kier alpha value is -3.23. The number of rotatable bonds is 8. The van der Waals surface area contributed by atoms with Gasteiger partial charge in [0.05, 0.1) is 38.1 Å². The van der Waals surface area contributed by atoms with Gasteiger partial charge in [-0.05, 0) is 25.3 Å². The van der Waals surface area contributed by atoms with E-state index in [2.05, 4.69) is 11.3 Å². The van der Waals surface area contributed by atoms with E-state index in [1.54, 1.807) is 17.0 Å². The third kappa shape index (κ3) is 4.92. The van der Waals surface area contributed by atoms with Crippen LogP contribution in [0.1, 0.15) is 36.0 Å². The smallest absolute Gasteiger partial charge is 0.414 e. The maximum Gasteiger partial charge on any atom is 0.414 e. The van der Waals surface area contributed by atoms with E-state index in [-0.39, 0.29) is 37.6 Å². The van der Waals surface area contributed by atoms with Gasteiger partial charge in [0, 0.05) is 25.6 Å². The molecule has 2 amide bonds. The van der Waals surface area contributed by atoms with Gasteiger partial charge in [-0.25, -0.2) is 4.79 Å². The van der Waals surface area contributed by atoms with Gasteiger partial charge in [0.2, 0.25) is 0 Å². The summed E-state index contributed by atoms with van der Waals surface area (Å²) >= 11 is 0. The topological polar surface area (TPSA) is 94.6 Å². The number of benzene rings is 1. The van der Waals surface area contributed by atoms with Crippen molar-refractivity contribution in [3.8, 4) is 11.5 Å². The molecule has 0 saturated carbocycles. The van der Waals surface area contributed by atoms with Crippen LogP contribution in [0.15, 0.2) is 24.8 Å². The van der Waals surface area contributed by atoms with Crippen LogP contribution in [-0.4, -0.2) is 69.4 Å². The van der Waals surface area contributed by atoms with Gasteiger partial charge in [0.25, 0.3) is 5.91 Å². The molecule has 0 N–H and O–H groups in total. The molecule has 1 fully saturated rings. The summed E-state index contributed by atoms with van der Waals surface area (Å²) in [6, 6.07) is 3.15. The van der Waals surface area contributed by atoms with Crippen molar-refractivity contribution in [2.24, 2.45) is 0 Å². The molecular formula is C22H28N2O7. The molecule has 2 heterocycles. The van der Waals surface area contributed by atoms with E-state index in [1.165, 1.54) is 25.2 Å². The highest BCUT2D eigenvalue weighted by molar-refractivity contribution is 6.05. The Bertz CT molecular complexity index is 855. The zero-order valence-corrected chi connectivity index (χ0v) is 17.9. The number of hydrogen-bond acceptors (Lipinski definition) is 7. The second-order valence-electron chi connectivity index (χ2n) is 7.32. The van der Waals surface area contributed by atoms with Gasteiger partial charge in [-0.2, -0.15) is 0 Å². The van der Waals surface area contributed by atoms with Crippen LogP contribution in [0.2, 0.25) is 0 Å². The van der Waals surface area contributed by atoms with E-state index in [0.717, 1.165) is 12.8 Å². The molecule has 168 valence electrons. The third-order valence-electron chi connectivity index (χ3n) is 5.39. The molecule has 2 aliphatic heterocycles. The SMILES string of the molecule is C=CCOC(=O)N1C[C@@H]2CCCN2C(=O)c2cc(OC)c(OCCCC(=O)OC)cc21. The Morgan fingerprint density at radius 1 is 1.26 bits per heavy atom. The quantitative estimate of drug-likeness (QED) is 0.354. The second kappa shape index (κ2) is 10.2. The third-order valence-corrected chi connectivity index (χ3v) is 5.39. The van der Waals surface area contributed by atoms with Crippen LogP contribution in [-0.2, 0) is 14.3 Å². The molecule has 1 atom stereocenters. The van der Waals surface area contributed by atoms with Crippen molar-refractivity contribution in [3.05, 3.63) is 30.4 Å². The molecule has 0 aliphatic carbocycles. The van der Waals surface area contributed by atoms with Crippen LogP contribution >= 0.6 is 0 Å². The normalized spacial score (nSPS) is 17.4. The van der Waals surface area contributed by atoms with E-state index >= 15 is 0 Å². The van der Waals surface area contributed by atoms with Crippen molar-refractivity contribution in [3.63, 3.8) is 0 Å². The summed E-state index contributed by atoms with van der Waals surface area (Å²) in [7, 11) is 2.82. The number of esters is 1. The van der Waals surface area contributed by atoms with Gasteiger partial charge in [0.15, 0.2) is 11.5 Å². The molecule has 9 heteroatoms. The summed E-state index contributed by atoms with van der Waals surface area (Å²) in [4.78, 5) is 40.6. The van der Waals surface area contributed by atoms with Crippen molar-refractivity contribution in [2.75, 3.05) is 45.4 Å². The Morgan fingerprint density at radius 2 is 2.06 bits per heavy atom. The van der Waals surface area contributed by atoms with Crippen molar-refractivity contribution in [2.45, 2.75) is 31.7 Å². The van der Waals surface area contributed by atoms with E-state index in [4.69, 9.17) is 14.2 Å². The highest BCUT2D eigenvalue weighted by Gasteiger charge is 2.39. The molecule has 2 aliphatic rings. The first-order chi connectivity index (χ1) is 15.0. The summed E-state index contributed by atoms with van der Waals surface area (Å²) in [5, 5.41) is 0. The summed E-state index contributed by atoms with van der Waals surface area (Å²) < 4.78 is 21.2. The first kappa shape index (κ1) is 22.5. The van der Waals surface area contributed by atoms with Gasteiger partial charge in [-0.3, -0.25) is 14.5 Å². The number of ether oxygens (including phenoxy) is 4. The summed E-state index contributed by atoms with van der Waals surface area (Å²) in [6.45, 7) is 4.87. The minimum Gasteiger partial charge on any atom is -0.493 e. The number of nitrogens with zero attached hydrogens (tertiary/aromatic N) is 2. The molecule has 3 rings (SSSR count). The second-order valence-corrected chi connectivity index (χ2v) is 7.32. The van der Waals surface area contributed by atoms with Crippen LogP contribution in [0.5, 0.6) is 11.5 Å². The molecule has 31 heavy (non-hydrogen) atoms. The number of carbonyl (C=O) groups is 3. The Kier molecular flexibility index (Phi) is 7.38. The average molecular weight is 432 g/mol. The van der Waals surface area contributed by atoms with Crippen molar-refractivity contribution in [1.29, 1.82) is 0 Å². The molecule has 1 aromatic carbocycles. The lowest BCUT2D eigenvalue weighted by Gasteiger charge is -2.25. The first-order valence-electron chi connectivity index (χ1n) is 10.3. The van der Waals surface area contributed by atoms with Crippen LogP contribution in [0, 0.1) is 0 Å². The number of amides is 2. The van der Waals surface area contributed by atoms with Crippen LogP contribution in [0.4, 0.5) is 10.5 Å². The average Bonchev–Trinajstić information content (AvgIpc) is 3.21. The lowest BCUT2D eigenvalue weighted by Crippen LogP contribution is -2.42. The zero-order chi connectivity index (χ0) is 22.4. The van der Waals surface area contributed by atoms with E-state index in [1.807, 2.05) is 0 Å². The van der Waals surface area contributed by atoms with Crippen molar-refractivity contribution in [1.82, 2.24) is 4.90 Å². The fourth-order valence-corrected chi connectivity index (χ4v) is 3.85. The van der Waals surface area contributed by atoms with Gasteiger partial charge < -0.3 is 23.8 Å². The number of anilines is 1. The fourth-order valence-electron chi connectivity index (χ4n) is 3.85. The van der Waals surface area contributed by atoms with Crippen LogP contribution in [0.3, 0.4) is 0 Å². The minimum atomic E-state index is -0.551.